The highest BCUT2D eigenvalue weighted by molar-refractivity contribution is 7.98. The molecule has 0 aromatic carbocycles. The minimum absolute atomic E-state index is 0.00269. The van der Waals surface area contributed by atoms with Crippen LogP contribution in [0.1, 0.15) is 26.2 Å². The average molecular weight is 421 g/mol. The van der Waals surface area contributed by atoms with Gasteiger partial charge in [0, 0.05) is 5.75 Å². The van der Waals surface area contributed by atoms with Crippen LogP contribution in [-0.4, -0.2) is 77.3 Å². The highest BCUT2D eigenvalue weighted by Gasteiger charge is 2.30. The summed E-state index contributed by atoms with van der Waals surface area (Å²) in [5.41, 5.74) is 0. The molecule has 0 bridgehead atoms. The van der Waals surface area contributed by atoms with Crippen LogP contribution in [0.5, 0.6) is 0 Å². The minimum atomic E-state index is -1.18. The van der Waals surface area contributed by atoms with Gasteiger partial charge in [0.05, 0.1) is 6.04 Å². The van der Waals surface area contributed by atoms with E-state index < -0.39 is 35.9 Å². The Morgan fingerprint density at radius 1 is 1.19 bits per heavy atom. The zero-order chi connectivity index (χ0) is 20.4. The van der Waals surface area contributed by atoms with Crippen LogP contribution in [0.3, 0.4) is 0 Å². The number of hydrogen-bond donors (Lipinski definition) is 6. The molecule has 1 aliphatic rings. The summed E-state index contributed by atoms with van der Waals surface area (Å²) in [7, 11) is 0. The molecule has 4 atom stereocenters. The number of carboxylic acid groups (broad SMARTS) is 1. The van der Waals surface area contributed by atoms with Gasteiger partial charge >= 0.3 is 5.97 Å². The number of nitrogens with one attached hydrogen (secondary N) is 4. The first-order valence-electron chi connectivity index (χ1n) is 8.77. The number of carbonyl (C=O) groups is 4. The monoisotopic (exact) mass is 420 g/mol. The standard InChI is InChI=1S/C16H28N4O5S2/c1-9(16(24)25)18-15(23)12(8-26)20-14(22)11(5-7-27-2)19-13(21)10-4-3-6-17-10/h9-12,17,26H,3-8H2,1-2H3,(H,18,23)(H,19,21)(H,20,22)(H,24,25). The Labute approximate surface area is 168 Å². The van der Waals surface area contributed by atoms with Crippen molar-refractivity contribution in [1.29, 1.82) is 0 Å². The summed E-state index contributed by atoms with van der Waals surface area (Å²) < 4.78 is 0. The van der Waals surface area contributed by atoms with Gasteiger partial charge in [-0.15, -0.1) is 0 Å². The molecule has 1 saturated heterocycles. The number of carbonyl (C=O) groups excluding carboxylic acids is 3. The number of aliphatic carboxylic acids is 1. The lowest BCUT2D eigenvalue weighted by Crippen LogP contribution is -2.57. The van der Waals surface area contributed by atoms with Crippen LogP contribution in [0.2, 0.25) is 0 Å². The number of thioether (sulfide) groups is 1. The van der Waals surface area contributed by atoms with E-state index in [1.54, 1.807) is 11.8 Å². The molecule has 3 amide bonds. The van der Waals surface area contributed by atoms with Crippen LogP contribution in [0, 0.1) is 0 Å². The third-order valence-electron chi connectivity index (χ3n) is 4.17. The lowest BCUT2D eigenvalue weighted by atomic mass is 10.1. The summed E-state index contributed by atoms with van der Waals surface area (Å²) in [6.07, 6.45) is 3.94. The number of thiol groups is 1. The van der Waals surface area contributed by atoms with Gasteiger partial charge in [0.2, 0.25) is 17.7 Å². The smallest absolute Gasteiger partial charge is 0.325 e. The maximum Gasteiger partial charge on any atom is 0.325 e. The summed E-state index contributed by atoms with van der Waals surface area (Å²) in [4.78, 5) is 47.9. The van der Waals surface area contributed by atoms with Gasteiger partial charge in [-0.1, -0.05) is 0 Å². The third-order valence-corrected chi connectivity index (χ3v) is 5.17. The van der Waals surface area contributed by atoms with Crippen molar-refractivity contribution in [1.82, 2.24) is 21.3 Å². The Balaban J connectivity index is 2.70. The molecule has 27 heavy (non-hydrogen) atoms. The molecule has 9 nitrogen and oxygen atoms in total. The fourth-order valence-electron chi connectivity index (χ4n) is 2.53. The number of amides is 3. The molecule has 4 unspecified atom stereocenters. The topological polar surface area (TPSA) is 137 Å². The molecule has 0 aromatic heterocycles. The Bertz CT molecular complexity index is 543. The van der Waals surface area contributed by atoms with Gasteiger partial charge in [-0.3, -0.25) is 19.2 Å². The maximum absolute atomic E-state index is 12.6. The number of hydrogen-bond acceptors (Lipinski definition) is 7. The van der Waals surface area contributed by atoms with Crippen molar-refractivity contribution < 1.29 is 24.3 Å². The van der Waals surface area contributed by atoms with Crippen molar-refractivity contribution in [3.05, 3.63) is 0 Å². The molecule has 0 spiro atoms. The van der Waals surface area contributed by atoms with Crippen molar-refractivity contribution in [2.24, 2.45) is 0 Å². The molecule has 0 aromatic rings. The largest absolute Gasteiger partial charge is 0.480 e. The summed E-state index contributed by atoms with van der Waals surface area (Å²) in [5, 5.41) is 19.6. The summed E-state index contributed by atoms with van der Waals surface area (Å²) in [6, 6.07) is -3.17. The summed E-state index contributed by atoms with van der Waals surface area (Å²) in [6.45, 7) is 2.09. The second kappa shape index (κ2) is 12.1. The fraction of sp³-hybridized carbons (Fsp3) is 0.750. The fourth-order valence-corrected chi connectivity index (χ4v) is 3.26. The van der Waals surface area contributed by atoms with E-state index in [1.807, 2.05) is 6.26 Å². The Kier molecular flexibility index (Phi) is 10.6. The van der Waals surface area contributed by atoms with Crippen molar-refractivity contribution in [3.8, 4) is 0 Å². The highest BCUT2D eigenvalue weighted by atomic mass is 32.2. The predicted molar refractivity (Wildman–Crippen MR) is 107 cm³/mol. The van der Waals surface area contributed by atoms with Gasteiger partial charge in [0.15, 0.2) is 0 Å². The van der Waals surface area contributed by atoms with Gasteiger partial charge in [0.25, 0.3) is 0 Å². The normalized spacial score (nSPS) is 19.6. The van der Waals surface area contributed by atoms with Crippen LogP contribution >= 0.6 is 24.4 Å². The van der Waals surface area contributed by atoms with E-state index >= 15 is 0 Å². The first-order valence-corrected chi connectivity index (χ1v) is 10.8. The van der Waals surface area contributed by atoms with Crippen molar-refractivity contribution in [2.75, 3.05) is 24.3 Å². The van der Waals surface area contributed by atoms with E-state index in [-0.39, 0.29) is 17.7 Å². The first-order chi connectivity index (χ1) is 12.8. The Hall–Kier alpha value is -1.46. The molecule has 5 N–H and O–H groups in total. The maximum atomic E-state index is 12.6. The molecule has 11 heteroatoms. The van der Waals surface area contributed by atoms with Crippen LogP contribution in [0.15, 0.2) is 0 Å². The lowest BCUT2D eigenvalue weighted by Gasteiger charge is -2.24. The van der Waals surface area contributed by atoms with E-state index in [4.69, 9.17) is 5.11 Å². The quantitative estimate of drug-likeness (QED) is 0.235. The minimum Gasteiger partial charge on any atom is -0.480 e. The first kappa shape index (κ1) is 23.6. The second-order valence-electron chi connectivity index (χ2n) is 6.30. The van der Waals surface area contributed by atoms with Crippen LogP contribution in [0.4, 0.5) is 0 Å². The zero-order valence-corrected chi connectivity index (χ0v) is 17.2. The predicted octanol–water partition coefficient (Wildman–Crippen LogP) is -1.02. The van der Waals surface area contributed by atoms with Crippen molar-refractivity contribution in [3.63, 3.8) is 0 Å². The summed E-state index contributed by atoms with van der Waals surface area (Å²) >= 11 is 5.60. The van der Waals surface area contributed by atoms with Crippen molar-refractivity contribution >= 4 is 48.1 Å². The van der Waals surface area contributed by atoms with E-state index in [0.717, 1.165) is 19.4 Å². The average Bonchev–Trinajstić information content (AvgIpc) is 3.17. The van der Waals surface area contributed by atoms with E-state index in [2.05, 4.69) is 33.9 Å². The second-order valence-corrected chi connectivity index (χ2v) is 7.65. The highest BCUT2D eigenvalue weighted by Crippen LogP contribution is 2.07. The lowest BCUT2D eigenvalue weighted by molar-refractivity contribution is -0.141. The van der Waals surface area contributed by atoms with E-state index in [9.17, 15) is 19.2 Å². The van der Waals surface area contributed by atoms with Crippen molar-refractivity contribution in [2.45, 2.75) is 50.4 Å². The summed E-state index contributed by atoms with van der Waals surface area (Å²) in [5.74, 6) is -1.89. The molecular formula is C16H28N4O5S2. The Morgan fingerprint density at radius 3 is 2.37 bits per heavy atom. The Morgan fingerprint density at radius 2 is 1.85 bits per heavy atom. The molecular weight excluding hydrogens is 392 g/mol. The third kappa shape index (κ3) is 7.97. The van der Waals surface area contributed by atoms with Gasteiger partial charge in [-0.25, -0.2) is 0 Å². The van der Waals surface area contributed by atoms with Crippen LogP contribution in [0.25, 0.3) is 0 Å². The van der Waals surface area contributed by atoms with Gasteiger partial charge in [0.1, 0.15) is 18.1 Å². The number of rotatable bonds is 11. The molecule has 1 aliphatic heterocycles. The zero-order valence-electron chi connectivity index (χ0n) is 15.5. The molecule has 0 aliphatic carbocycles. The van der Waals surface area contributed by atoms with E-state index in [1.165, 1.54) is 6.92 Å². The molecule has 1 fully saturated rings. The molecule has 1 rings (SSSR count). The van der Waals surface area contributed by atoms with Crippen LogP contribution in [-0.2, 0) is 19.2 Å². The van der Waals surface area contributed by atoms with Crippen LogP contribution < -0.4 is 21.3 Å². The van der Waals surface area contributed by atoms with Gasteiger partial charge < -0.3 is 26.4 Å². The molecule has 0 radical (unpaired) electrons. The molecule has 0 saturated carbocycles. The van der Waals surface area contributed by atoms with Gasteiger partial charge in [-0.2, -0.15) is 24.4 Å². The number of carboxylic acids is 1. The molecule has 1 heterocycles. The molecule has 154 valence electrons. The van der Waals surface area contributed by atoms with E-state index in [0.29, 0.717) is 12.2 Å². The van der Waals surface area contributed by atoms with Gasteiger partial charge in [-0.05, 0) is 44.7 Å². The SMILES string of the molecule is CSCCC(NC(=O)C1CCCN1)C(=O)NC(CS)C(=O)NC(C)C(=O)O.